The Hall–Kier alpha value is -0.880. The molecule has 5 rings (SSSR count). The molecule has 0 radical (unpaired) electrons. The van der Waals surface area contributed by atoms with Crippen molar-refractivity contribution in [3.8, 4) is 0 Å². The molecule has 0 aliphatic heterocycles. The van der Waals surface area contributed by atoms with E-state index >= 15 is 0 Å². The number of methoxy groups -OCH3 is 1. The third-order valence-electron chi connectivity index (χ3n) is 8.93. The minimum Gasteiger partial charge on any atom is -0.469 e. The molecule has 6 atom stereocenters. The smallest absolute Gasteiger partial charge is 0.311 e. The number of carbonyl (C=O) groups excluding carboxylic acids is 1. The number of carbonyl (C=O) groups is 1. The van der Waals surface area contributed by atoms with Crippen LogP contribution in [-0.4, -0.2) is 34.4 Å². The van der Waals surface area contributed by atoms with E-state index < -0.39 is 10.1 Å². The van der Waals surface area contributed by atoms with Gasteiger partial charge in [-0.1, -0.05) is 19.4 Å². The number of hydrogen-bond donors (Lipinski definition) is 0. The highest BCUT2D eigenvalue weighted by atomic mass is 32.2. The largest absolute Gasteiger partial charge is 0.469 e. The zero-order valence-corrected chi connectivity index (χ0v) is 18.4. The van der Waals surface area contributed by atoms with Crippen molar-refractivity contribution in [3.05, 3.63) is 11.6 Å². The molecule has 0 aromatic heterocycles. The summed E-state index contributed by atoms with van der Waals surface area (Å²) < 4.78 is 33.3. The maximum Gasteiger partial charge on any atom is 0.311 e. The Morgan fingerprint density at radius 3 is 2.54 bits per heavy atom. The molecule has 0 saturated heterocycles. The molecule has 5 aliphatic rings. The summed E-state index contributed by atoms with van der Waals surface area (Å²) >= 11 is 0. The van der Waals surface area contributed by atoms with E-state index in [0.717, 1.165) is 44.8 Å². The van der Waals surface area contributed by atoms with Gasteiger partial charge in [-0.3, -0.25) is 8.98 Å². The first-order chi connectivity index (χ1) is 13.0. The molecule has 3 saturated carbocycles. The highest BCUT2D eigenvalue weighted by Crippen LogP contribution is 2.70. The first-order valence-electron chi connectivity index (χ1n) is 10.7. The monoisotopic (exact) mass is 410 g/mol. The molecule has 5 nitrogen and oxygen atoms in total. The van der Waals surface area contributed by atoms with Crippen LogP contribution in [0, 0.1) is 34.0 Å². The van der Waals surface area contributed by atoms with Gasteiger partial charge in [0.1, 0.15) is 0 Å². The Morgan fingerprint density at radius 2 is 1.86 bits per heavy atom. The summed E-state index contributed by atoms with van der Waals surface area (Å²) in [7, 11) is -1.91. The quantitative estimate of drug-likeness (QED) is 0.397. The summed E-state index contributed by atoms with van der Waals surface area (Å²) in [4.78, 5) is 12.7. The Morgan fingerprint density at radius 1 is 1.14 bits per heavy atom. The van der Waals surface area contributed by atoms with Gasteiger partial charge in [0, 0.05) is 0 Å². The average Bonchev–Trinajstić information content (AvgIpc) is 2.64. The fourth-order valence-corrected chi connectivity index (χ4v) is 8.10. The maximum absolute atomic E-state index is 12.7. The molecule has 0 N–H and O–H groups in total. The molecule has 5 aliphatic carbocycles. The van der Waals surface area contributed by atoms with Gasteiger partial charge >= 0.3 is 5.97 Å². The van der Waals surface area contributed by atoms with Crippen molar-refractivity contribution in [2.24, 2.45) is 34.0 Å². The number of esters is 1. The summed E-state index contributed by atoms with van der Waals surface area (Å²) in [6.07, 6.45) is 12.2. The van der Waals surface area contributed by atoms with Crippen LogP contribution < -0.4 is 0 Å². The van der Waals surface area contributed by atoms with E-state index in [2.05, 4.69) is 19.9 Å². The lowest BCUT2D eigenvalue weighted by atomic mass is 9.38. The van der Waals surface area contributed by atoms with Crippen LogP contribution in [0.1, 0.15) is 65.2 Å². The summed E-state index contributed by atoms with van der Waals surface area (Å²) in [6, 6.07) is 0. The van der Waals surface area contributed by atoms with E-state index in [-0.39, 0.29) is 28.8 Å². The van der Waals surface area contributed by atoms with E-state index in [1.54, 1.807) is 0 Å². The molecule has 0 aromatic carbocycles. The number of fused-ring (bicyclic) bond motifs is 2. The third kappa shape index (κ3) is 2.97. The minimum absolute atomic E-state index is 0.0434. The highest BCUT2D eigenvalue weighted by Gasteiger charge is 2.64. The Bertz CT molecular complexity index is 802. The second kappa shape index (κ2) is 6.56. The van der Waals surface area contributed by atoms with Crippen molar-refractivity contribution in [1.29, 1.82) is 0 Å². The molecule has 0 aromatic rings. The molecule has 3 fully saturated rings. The van der Waals surface area contributed by atoms with E-state index in [4.69, 9.17) is 8.92 Å². The van der Waals surface area contributed by atoms with Gasteiger partial charge in [0.25, 0.3) is 10.1 Å². The summed E-state index contributed by atoms with van der Waals surface area (Å²) in [5, 5.41) is 0. The average molecular weight is 411 g/mol. The first kappa shape index (κ1) is 20.4. The predicted octanol–water partition coefficient (Wildman–Crippen LogP) is 4.08. The lowest BCUT2D eigenvalue weighted by Crippen LogP contribution is -2.60. The molecule has 0 amide bonds. The topological polar surface area (TPSA) is 69.7 Å². The molecule has 1 spiro atoms. The van der Waals surface area contributed by atoms with Crippen LogP contribution in [0.25, 0.3) is 0 Å². The van der Waals surface area contributed by atoms with Crippen LogP contribution in [0.4, 0.5) is 0 Å². The van der Waals surface area contributed by atoms with Crippen molar-refractivity contribution in [3.63, 3.8) is 0 Å². The standard InChI is InChI=1S/C22H34O5S/c1-20-8-5-9-21(2,19(23)26-3)17(20)7-11-22-10-6-15(12-18(20)22)16(13-22)14-27-28(4,24)25/h13,15,17-18H,5-12,14H2,1-4H3/t15-,17+,18+,20-,21-,22-/m1/s1. The van der Waals surface area contributed by atoms with E-state index in [0.29, 0.717) is 17.8 Å². The zero-order chi connectivity index (χ0) is 20.4. The van der Waals surface area contributed by atoms with Gasteiger partial charge in [-0.05, 0) is 86.0 Å². The normalized spacial score (nSPS) is 45.0. The summed E-state index contributed by atoms with van der Waals surface area (Å²) in [6.45, 7) is 4.75. The predicted molar refractivity (Wildman–Crippen MR) is 107 cm³/mol. The van der Waals surface area contributed by atoms with E-state index in [1.165, 1.54) is 25.5 Å². The summed E-state index contributed by atoms with van der Waals surface area (Å²) in [5.41, 5.74) is 1.08. The van der Waals surface area contributed by atoms with Crippen LogP contribution in [0.3, 0.4) is 0 Å². The van der Waals surface area contributed by atoms with Gasteiger partial charge in [0.2, 0.25) is 0 Å². The second-order valence-electron chi connectivity index (χ2n) is 10.3. The van der Waals surface area contributed by atoms with E-state index in [1.807, 2.05) is 0 Å². The molecule has 28 heavy (non-hydrogen) atoms. The highest BCUT2D eigenvalue weighted by molar-refractivity contribution is 7.86. The van der Waals surface area contributed by atoms with E-state index in [9.17, 15) is 13.2 Å². The van der Waals surface area contributed by atoms with Gasteiger partial charge in [-0.15, -0.1) is 0 Å². The van der Waals surface area contributed by atoms with Crippen molar-refractivity contribution in [1.82, 2.24) is 0 Å². The number of rotatable bonds is 4. The third-order valence-corrected chi connectivity index (χ3v) is 9.48. The molecule has 0 heterocycles. The van der Waals surface area contributed by atoms with Crippen LogP contribution in [0.2, 0.25) is 0 Å². The Kier molecular flexibility index (Phi) is 4.78. The number of hydrogen-bond acceptors (Lipinski definition) is 5. The molecule has 2 bridgehead atoms. The lowest BCUT2D eigenvalue weighted by Gasteiger charge is -2.66. The van der Waals surface area contributed by atoms with Crippen molar-refractivity contribution in [2.45, 2.75) is 65.2 Å². The molecule has 0 unspecified atom stereocenters. The van der Waals surface area contributed by atoms with Gasteiger partial charge in [-0.2, -0.15) is 8.42 Å². The molecule has 6 heteroatoms. The Labute approximate surface area is 169 Å². The Balaban J connectivity index is 1.66. The minimum atomic E-state index is -3.42. The van der Waals surface area contributed by atoms with Crippen molar-refractivity contribution < 1.29 is 22.1 Å². The molecular formula is C22H34O5S. The fourth-order valence-electron chi connectivity index (χ4n) is 7.75. The maximum atomic E-state index is 12.7. The van der Waals surface area contributed by atoms with Crippen LogP contribution in [-0.2, 0) is 23.8 Å². The van der Waals surface area contributed by atoms with Gasteiger partial charge < -0.3 is 4.74 Å². The number of ether oxygens (including phenoxy) is 1. The molecule has 158 valence electrons. The van der Waals surface area contributed by atoms with Gasteiger partial charge in [0.15, 0.2) is 0 Å². The van der Waals surface area contributed by atoms with Crippen LogP contribution in [0.5, 0.6) is 0 Å². The second-order valence-corrected chi connectivity index (χ2v) is 11.9. The fraction of sp³-hybridized carbons (Fsp3) is 0.864. The van der Waals surface area contributed by atoms with Crippen LogP contribution >= 0.6 is 0 Å². The summed E-state index contributed by atoms with van der Waals surface area (Å²) in [5.74, 6) is 1.29. The SMILES string of the molecule is COC(=O)[C@]1(C)CCC[C@@]2(C)[C@@H]3C[C@H]4CC[C@]3(C=C4COS(C)(=O)=O)CC[C@@H]21. The van der Waals surface area contributed by atoms with Crippen molar-refractivity contribution in [2.75, 3.05) is 20.0 Å². The van der Waals surface area contributed by atoms with Crippen molar-refractivity contribution >= 4 is 16.1 Å². The first-order valence-corrected chi connectivity index (χ1v) is 12.5. The molecular weight excluding hydrogens is 376 g/mol. The lowest BCUT2D eigenvalue weighted by molar-refractivity contribution is -0.183. The number of allylic oxidation sites excluding steroid dienone is 1. The van der Waals surface area contributed by atoms with Crippen LogP contribution in [0.15, 0.2) is 11.6 Å². The van der Waals surface area contributed by atoms with Gasteiger partial charge in [-0.25, -0.2) is 0 Å². The zero-order valence-electron chi connectivity index (χ0n) is 17.6. The van der Waals surface area contributed by atoms with Gasteiger partial charge in [0.05, 0.1) is 25.4 Å².